The van der Waals surface area contributed by atoms with Crippen LogP contribution in [-0.4, -0.2) is 25.2 Å². The maximum Gasteiger partial charge on any atom is 0.342 e. The lowest BCUT2D eigenvalue weighted by Crippen LogP contribution is -2.03. The van der Waals surface area contributed by atoms with Gasteiger partial charge in [0.2, 0.25) is 0 Å². The van der Waals surface area contributed by atoms with Crippen molar-refractivity contribution in [1.82, 2.24) is 4.98 Å². The molecule has 0 aliphatic rings. The Balaban J connectivity index is 2.76. The summed E-state index contributed by atoms with van der Waals surface area (Å²) in [6.45, 7) is 0. The Morgan fingerprint density at radius 3 is 2.71 bits per heavy atom. The first-order chi connectivity index (χ1) is 8.08. The molecule has 2 aromatic rings. The fourth-order valence-corrected chi connectivity index (χ4v) is 1.94. The number of carbonyl (C=O) groups is 1. The van der Waals surface area contributed by atoms with Crippen LogP contribution in [0.15, 0.2) is 12.1 Å². The van der Waals surface area contributed by atoms with E-state index in [0.29, 0.717) is 21.7 Å². The van der Waals surface area contributed by atoms with Gasteiger partial charge in [0.1, 0.15) is 17.1 Å². The Bertz CT molecular complexity index is 592. The summed E-state index contributed by atoms with van der Waals surface area (Å²) in [6.07, 6.45) is 0. The Hall–Kier alpha value is -1.88. The van der Waals surface area contributed by atoms with E-state index in [2.05, 4.69) is 9.72 Å². The molecule has 3 N–H and O–H groups in total. The van der Waals surface area contributed by atoms with Crippen LogP contribution >= 0.6 is 11.6 Å². The lowest BCUT2D eigenvalue weighted by molar-refractivity contribution is 0.0604. The summed E-state index contributed by atoms with van der Waals surface area (Å²) in [5.41, 5.74) is 6.68. The summed E-state index contributed by atoms with van der Waals surface area (Å²) in [4.78, 5) is 14.5. The highest BCUT2D eigenvalue weighted by atomic mass is 35.5. The number of anilines is 1. The highest BCUT2D eigenvalue weighted by molar-refractivity contribution is 6.33. The van der Waals surface area contributed by atoms with Gasteiger partial charge in [-0.3, -0.25) is 0 Å². The van der Waals surface area contributed by atoms with Crippen molar-refractivity contribution in [2.75, 3.05) is 20.0 Å². The number of nitrogens with two attached hydrogens (primary N) is 1. The van der Waals surface area contributed by atoms with Gasteiger partial charge in [-0.15, -0.1) is 0 Å². The van der Waals surface area contributed by atoms with E-state index in [-0.39, 0.29) is 11.4 Å². The molecule has 0 radical (unpaired) electrons. The number of halogens is 1. The molecule has 0 aliphatic carbocycles. The Labute approximate surface area is 102 Å². The molecular formula is C11H11ClN2O3. The molecule has 0 bridgehead atoms. The van der Waals surface area contributed by atoms with Gasteiger partial charge in [-0.2, -0.15) is 0 Å². The number of hydrogen-bond acceptors (Lipinski definition) is 4. The second kappa shape index (κ2) is 4.18. The molecule has 0 atom stereocenters. The molecule has 1 heterocycles. The van der Waals surface area contributed by atoms with E-state index in [9.17, 15) is 4.79 Å². The van der Waals surface area contributed by atoms with Crippen LogP contribution in [0.3, 0.4) is 0 Å². The summed E-state index contributed by atoms with van der Waals surface area (Å²) < 4.78 is 9.77. The summed E-state index contributed by atoms with van der Waals surface area (Å²) in [5, 5.41) is 1.06. The fourth-order valence-electron chi connectivity index (χ4n) is 1.69. The van der Waals surface area contributed by atoms with Gasteiger partial charge in [-0.25, -0.2) is 4.79 Å². The number of ether oxygens (including phenoxy) is 2. The van der Waals surface area contributed by atoms with E-state index < -0.39 is 5.97 Å². The van der Waals surface area contributed by atoms with Crippen molar-refractivity contribution in [2.45, 2.75) is 0 Å². The van der Waals surface area contributed by atoms with Crippen LogP contribution in [0, 0.1) is 0 Å². The zero-order chi connectivity index (χ0) is 12.6. The molecule has 5 nitrogen and oxygen atoms in total. The molecule has 0 amide bonds. The van der Waals surface area contributed by atoms with Gasteiger partial charge >= 0.3 is 5.97 Å². The van der Waals surface area contributed by atoms with Crippen LogP contribution in [0.2, 0.25) is 5.02 Å². The van der Waals surface area contributed by atoms with E-state index in [1.54, 1.807) is 12.1 Å². The van der Waals surface area contributed by atoms with E-state index >= 15 is 0 Å². The van der Waals surface area contributed by atoms with Crippen LogP contribution in [-0.2, 0) is 4.74 Å². The second-order valence-electron chi connectivity index (χ2n) is 3.44. The average molecular weight is 255 g/mol. The largest absolute Gasteiger partial charge is 0.495 e. The Morgan fingerprint density at radius 1 is 1.41 bits per heavy atom. The maximum absolute atomic E-state index is 11.6. The molecule has 90 valence electrons. The number of aromatic amines is 1. The van der Waals surface area contributed by atoms with Gasteiger partial charge in [0.05, 0.1) is 19.2 Å². The molecular weight excluding hydrogens is 244 g/mol. The number of carbonyl (C=O) groups excluding carboxylic acids is 1. The number of nitrogen functional groups attached to an aromatic ring is 1. The van der Waals surface area contributed by atoms with E-state index in [0.717, 1.165) is 0 Å². The number of nitrogens with one attached hydrogen (secondary N) is 1. The lowest BCUT2D eigenvalue weighted by Gasteiger charge is -2.03. The molecule has 0 saturated heterocycles. The topological polar surface area (TPSA) is 77.3 Å². The molecule has 17 heavy (non-hydrogen) atoms. The van der Waals surface area contributed by atoms with Crippen molar-refractivity contribution in [2.24, 2.45) is 0 Å². The molecule has 2 rings (SSSR count). The summed E-state index contributed by atoms with van der Waals surface area (Å²) in [5.74, 6) is 0.220. The number of aromatic nitrogens is 1. The number of esters is 1. The van der Waals surface area contributed by atoms with Gasteiger partial charge in [-0.1, -0.05) is 11.6 Å². The number of rotatable bonds is 2. The van der Waals surface area contributed by atoms with Gasteiger partial charge in [0.25, 0.3) is 0 Å². The fraction of sp³-hybridized carbons (Fsp3) is 0.182. The third-order valence-electron chi connectivity index (χ3n) is 2.49. The molecule has 0 spiro atoms. The second-order valence-corrected chi connectivity index (χ2v) is 3.84. The van der Waals surface area contributed by atoms with Gasteiger partial charge in [0, 0.05) is 10.9 Å². The number of benzene rings is 1. The lowest BCUT2D eigenvalue weighted by atomic mass is 10.1. The van der Waals surface area contributed by atoms with E-state index in [4.69, 9.17) is 22.1 Å². The summed E-state index contributed by atoms with van der Waals surface area (Å²) >= 11 is 5.98. The first-order valence-electron chi connectivity index (χ1n) is 4.81. The van der Waals surface area contributed by atoms with Crippen LogP contribution in [0.1, 0.15) is 10.4 Å². The monoisotopic (exact) mass is 254 g/mol. The maximum atomic E-state index is 11.6. The third-order valence-corrected chi connectivity index (χ3v) is 2.78. The quantitative estimate of drug-likeness (QED) is 0.806. The SMILES string of the molecule is COC(=O)c1c(N)[nH]c2cc(Cl)c(OC)cc12. The smallest absolute Gasteiger partial charge is 0.342 e. The van der Waals surface area contributed by atoms with E-state index in [1.807, 2.05) is 0 Å². The van der Waals surface area contributed by atoms with E-state index in [1.165, 1.54) is 14.2 Å². The zero-order valence-corrected chi connectivity index (χ0v) is 10.1. The molecule has 0 aliphatic heterocycles. The minimum absolute atomic E-state index is 0.246. The van der Waals surface area contributed by atoms with Crippen molar-refractivity contribution >= 4 is 34.3 Å². The van der Waals surface area contributed by atoms with Crippen LogP contribution in [0.5, 0.6) is 5.75 Å². The number of fused-ring (bicyclic) bond motifs is 1. The first kappa shape index (κ1) is 11.6. The van der Waals surface area contributed by atoms with Crippen molar-refractivity contribution in [3.63, 3.8) is 0 Å². The summed E-state index contributed by atoms with van der Waals surface area (Å²) in [6, 6.07) is 3.30. The van der Waals surface area contributed by atoms with Crippen molar-refractivity contribution in [3.05, 3.63) is 22.7 Å². The van der Waals surface area contributed by atoms with Gasteiger partial charge < -0.3 is 20.2 Å². The third kappa shape index (κ3) is 1.78. The standard InChI is InChI=1S/C11H11ClN2O3/c1-16-8-3-5-7(4-6(8)12)14-10(13)9(5)11(15)17-2/h3-4,14H,13H2,1-2H3. The number of H-pyrrole nitrogens is 1. The molecule has 0 saturated carbocycles. The van der Waals surface area contributed by atoms with Crippen LogP contribution < -0.4 is 10.5 Å². The number of hydrogen-bond donors (Lipinski definition) is 2. The van der Waals surface area contributed by atoms with Crippen LogP contribution in [0.4, 0.5) is 5.82 Å². The van der Waals surface area contributed by atoms with Crippen molar-refractivity contribution < 1.29 is 14.3 Å². The number of methoxy groups -OCH3 is 2. The summed E-state index contributed by atoms with van der Waals surface area (Å²) in [7, 11) is 2.80. The van der Waals surface area contributed by atoms with Crippen molar-refractivity contribution in [1.29, 1.82) is 0 Å². The first-order valence-corrected chi connectivity index (χ1v) is 5.19. The molecule has 6 heteroatoms. The predicted molar refractivity (Wildman–Crippen MR) is 65.6 cm³/mol. The Kier molecular flexibility index (Phi) is 2.85. The highest BCUT2D eigenvalue weighted by Crippen LogP contribution is 2.33. The minimum Gasteiger partial charge on any atom is -0.495 e. The Morgan fingerprint density at radius 2 is 2.12 bits per heavy atom. The zero-order valence-electron chi connectivity index (χ0n) is 9.33. The van der Waals surface area contributed by atoms with Crippen molar-refractivity contribution in [3.8, 4) is 5.75 Å². The predicted octanol–water partition coefficient (Wildman–Crippen LogP) is 2.20. The highest BCUT2D eigenvalue weighted by Gasteiger charge is 2.19. The van der Waals surface area contributed by atoms with Gasteiger partial charge in [0.15, 0.2) is 0 Å². The van der Waals surface area contributed by atoms with Crippen LogP contribution in [0.25, 0.3) is 10.9 Å². The molecule has 0 fully saturated rings. The average Bonchev–Trinajstić information content (AvgIpc) is 2.62. The minimum atomic E-state index is -0.502. The molecule has 1 aromatic heterocycles. The molecule has 0 unspecified atom stereocenters. The van der Waals surface area contributed by atoms with Gasteiger partial charge in [-0.05, 0) is 12.1 Å². The normalized spacial score (nSPS) is 10.5. The molecule has 1 aromatic carbocycles.